The van der Waals surface area contributed by atoms with Gasteiger partial charge in [0, 0.05) is 26.2 Å². The Balaban J connectivity index is 1.82. The number of carbonyl (C=O) groups is 2. The van der Waals surface area contributed by atoms with Gasteiger partial charge in [-0.3, -0.25) is 4.79 Å². The van der Waals surface area contributed by atoms with Crippen LogP contribution >= 0.6 is 0 Å². The summed E-state index contributed by atoms with van der Waals surface area (Å²) in [5.41, 5.74) is 1.23. The zero-order valence-electron chi connectivity index (χ0n) is 16.6. The van der Waals surface area contributed by atoms with Crippen LogP contribution in [0.1, 0.15) is 64.7 Å². The van der Waals surface area contributed by atoms with Gasteiger partial charge in [-0.25, -0.2) is 4.79 Å². The normalized spacial score (nSPS) is 28.3. The molecule has 3 N–H and O–H groups in total. The number of allylic oxidation sites excluding steroid dienone is 1. The highest BCUT2D eigenvalue weighted by Crippen LogP contribution is 2.27. The van der Waals surface area contributed by atoms with Crippen molar-refractivity contribution in [3.05, 3.63) is 11.6 Å². The third-order valence-electron chi connectivity index (χ3n) is 5.53. The molecule has 1 amide bonds. The lowest BCUT2D eigenvalue weighted by Crippen LogP contribution is -2.46. The van der Waals surface area contributed by atoms with Crippen LogP contribution in [0.2, 0.25) is 0 Å². The summed E-state index contributed by atoms with van der Waals surface area (Å²) in [6.07, 6.45) is 9.54. The Morgan fingerprint density at radius 1 is 1.26 bits per heavy atom. The topological polar surface area (TPSA) is 99.9 Å². The predicted molar refractivity (Wildman–Crippen MR) is 102 cm³/mol. The molecule has 0 heterocycles. The van der Waals surface area contributed by atoms with Crippen LogP contribution in [0.4, 0.5) is 0 Å². The fourth-order valence-electron chi connectivity index (χ4n) is 4.02. The summed E-state index contributed by atoms with van der Waals surface area (Å²) in [7, 11) is 1.69. The van der Waals surface area contributed by atoms with Crippen LogP contribution in [0.25, 0.3) is 0 Å². The molecule has 7 heteroatoms. The molecule has 2 aliphatic carbocycles. The van der Waals surface area contributed by atoms with Crippen molar-refractivity contribution < 1.29 is 23.9 Å². The van der Waals surface area contributed by atoms with Gasteiger partial charge in [0.25, 0.3) is 0 Å². The van der Waals surface area contributed by atoms with E-state index in [4.69, 9.17) is 15.4 Å². The molecule has 4 unspecified atom stereocenters. The highest BCUT2D eigenvalue weighted by atomic mass is 16.7. The first-order chi connectivity index (χ1) is 13.1. The molecule has 0 aromatic heterocycles. The second-order valence-electron chi connectivity index (χ2n) is 7.47. The molecule has 0 aromatic carbocycles. The highest BCUT2D eigenvalue weighted by Gasteiger charge is 2.33. The lowest BCUT2D eigenvalue weighted by Gasteiger charge is -2.30. The molecule has 0 spiro atoms. The largest absolute Gasteiger partial charge is 0.375 e. The van der Waals surface area contributed by atoms with Crippen molar-refractivity contribution in [2.45, 2.75) is 83.0 Å². The third-order valence-corrected chi connectivity index (χ3v) is 5.53. The molecular weight excluding hydrogens is 348 g/mol. The zero-order valence-corrected chi connectivity index (χ0v) is 16.6. The number of hydrogen-bond acceptors (Lipinski definition) is 6. The van der Waals surface area contributed by atoms with Gasteiger partial charge in [0.15, 0.2) is 0 Å². The maximum Gasteiger partial charge on any atom is 0.329 e. The number of amides is 1. The first kappa shape index (κ1) is 21.9. The van der Waals surface area contributed by atoms with Crippen molar-refractivity contribution in [1.29, 1.82) is 0 Å². The average Bonchev–Trinajstić information content (AvgIpc) is 2.70. The van der Waals surface area contributed by atoms with E-state index in [2.05, 4.69) is 23.2 Å². The molecule has 4 atom stereocenters. The van der Waals surface area contributed by atoms with Gasteiger partial charge in [-0.1, -0.05) is 31.4 Å². The molecule has 154 valence electrons. The molecule has 0 bridgehead atoms. The monoisotopic (exact) mass is 382 g/mol. The van der Waals surface area contributed by atoms with Crippen molar-refractivity contribution in [2.75, 3.05) is 13.7 Å². The quantitative estimate of drug-likeness (QED) is 0.469. The Kier molecular flexibility index (Phi) is 9.24. The number of hydrogen-bond donors (Lipinski definition) is 2. The van der Waals surface area contributed by atoms with E-state index in [-0.39, 0.29) is 30.1 Å². The maximum absolute atomic E-state index is 12.4. The summed E-state index contributed by atoms with van der Waals surface area (Å²) in [6.45, 7) is 2.83. The fraction of sp³-hybridized carbons (Fsp3) is 0.800. The third kappa shape index (κ3) is 6.59. The maximum atomic E-state index is 12.4. The van der Waals surface area contributed by atoms with Gasteiger partial charge in [-0.15, -0.1) is 0 Å². The molecule has 0 radical (unpaired) electrons. The van der Waals surface area contributed by atoms with E-state index in [1.54, 1.807) is 7.11 Å². The van der Waals surface area contributed by atoms with Crippen LogP contribution in [0.3, 0.4) is 0 Å². The number of methoxy groups -OCH3 is 1. The van der Waals surface area contributed by atoms with Crippen molar-refractivity contribution in [3.63, 3.8) is 0 Å². The predicted octanol–water partition coefficient (Wildman–Crippen LogP) is 2.39. The number of carbonyl (C=O) groups excluding carboxylic acids is 2. The number of rotatable bonds is 9. The lowest BCUT2D eigenvalue weighted by molar-refractivity contribution is -0.151. The SMILES string of the molecule is CCCOC1CCC(CCC(=O)NC2CCCCC2C(=O)ON)=CC1OC. The minimum atomic E-state index is -0.434. The standard InChI is InChI=1S/C20H34N2O5/c1-3-12-26-17-10-8-14(13-18(17)25-2)9-11-19(23)22-16-7-5-4-6-15(16)20(24)27-21/h13,15-18H,3-12,21H2,1-2H3,(H,22,23). The molecular formula is C20H34N2O5. The van der Waals surface area contributed by atoms with Crippen LogP contribution in [-0.2, 0) is 23.9 Å². The van der Waals surface area contributed by atoms with E-state index in [0.717, 1.165) is 45.1 Å². The van der Waals surface area contributed by atoms with E-state index in [0.29, 0.717) is 19.3 Å². The number of nitrogens with two attached hydrogens (primary N) is 1. The fourth-order valence-corrected chi connectivity index (χ4v) is 4.02. The molecule has 7 nitrogen and oxygen atoms in total. The summed E-state index contributed by atoms with van der Waals surface area (Å²) in [5, 5.41) is 3.01. The smallest absolute Gasteiger partial charge is 0.329 e. The van der Waals surface area contributed by atoms with Crippen molar-refractivity contribution >= 4 is 11.9 Å². The van der Waals surface area contributed by atoms with Gasteiger partial charge in [-0.2, -0.15) is 5.90 Å². The Hall–Kier alpha value is -1.44. The van der Waals surface area contributed by atoms with E-state index < -0.39 is 5.97 Å². The Labute approximate surface area is 161 Å². The first-order valence-electron chi connectivity index (χ1n) is 10.1. The highest BCUT2D eigenvalue weighted by molar-refractivity contribution is 5.79. The molecule has 0 saturated heterocycles. The Bertz CT molecular complexity index is 523. The van der Waals surface area contributed by atoms with Crippen LogP contribution < -0.4 is 11.2 Å². The molecule has 1 fully saturated rings. The van der Waals surface area contributed by atoms with Gasteiger partial charge < -0.3 is 19.6 Å². The molecule has 0 aromatic rings. The molecule has 1 saturated carbocycles. The van der Waals surface area contributed by atoms with Gasteiger partial charge in [0.1, 0.15) is 6.10 Å². The molecule has 2 rings (SSSR count). The van der Waals surface area contributed by atoms with Crippen LogP contribution in [0, 0.1) is 5.92 Å². The molecule has 27 heavy (non-hydrogen) atoms. The lowest BCUT2D eigenvalue weighted by atomic mass is 9.84. The van der Waals surface area contributed by atoms with Crippen LogP contribution in [0.15, 0.2) is 11.6 Å². The second kappa shape index (κ2) is 11.4. The minimum Gasteiger partial charge on any atom is -0.375 e. The summed E-state index contributed by atoms with van der Waals surface area (Å²) < 4.78 is 11.4. The van der Waals surface area contributed by atoms with Crippen molar-refractivity contribution in [1.82, 2.24) is 5.32 Å². The van der Waals surface area contributed by atoms with Crippen LogP contribution in [0.5, 0.6) is 0 Å². The number of ether oxygens (including phenoxy) is 2. The van der Waals surface area contributed by atoms with E-state index in [9.17, 15) is 9.59 Å². The van der Waals surface area contributed by atoms with Crippen molar-refractivity contribution in [2.24, 2.45) is 11.8 Å². The molecule has 0 aliphatic heterocycles. The van der Waals surface area contributed by atoms with E-state index in [1.165, 1.54) is 5.57 Å². The van der Waals surface area contributed by atoms with E-state index in [1.807, 2.05) is 0 Å². The first-order valence-corrected chi connectivity index (χ1v) is 10.1. The summed E-state index contributed by atoms with van der Waals surface area (Å²) in [6, 6.07) is -0.179. The van der Waals surface area contributed by atoms with Gasteiger partial charge in [0.05, 0.1) is 12.0 Å². The summed E-state index contributed by atoms with van der Waals surface area (Å²) >= 11 is 0. The summed E-state index contributed by atoms with van der Waals surface area (Å²) in [4.78, 5) is 28.6. The van der Waals surface area contributed by atoms with E-state index >= 15 is 0 Å². The molecule has 2 aliphatic rings. The van der Waals surface area contributed by atoms with Gasteiger partial charge in [-0.05, 0) is 38.5 Å². The zero-order chi connectivity index (χ0) is 19.6. The Morgan fingerprint density at radius 3 is 2.74 bits per heavy atom. The average molecular weight is 383 g/mol. The Morgan fingerprint density at radius 2 is 2.04 bits per heavy atom. The van der Waals surface area contributed by atoms with Crippen LogP contribution in [-0.4, -0.2) is 43.8 Å². The number of nitrogens with one attached hydrogen (secondary N) is 1. The summed E-state index contributed by atoms with van der Waals surface area (Å²) in [5.74, 6) is 4.23. The second-order valence-corrected chi connectivity index (χ2v) is 7.47. The van der Waals surface area contributed by atoms with Gasteiger partial charge in [0.2, 0.25) is 5.91 Å². The van der Waals surface area contributed by atoms with Crippen molar-refractivity contribution in [3.8, 4) is 0 Å². The minimum absolute atomic E-state index is 0.0315. The van der Waals surface area contributed by atoms with Gasteiger partial charge >= 0.3 is 5.97 Å².